The fourth-order valence-electron chi connectivity index (χ4n) is 2.52. The van der Waals surface area contributed by atoms with Crippen molar-refractivity contribution in [2.24, 2.45) is 0 Å². The number of benzene rings is 1. The number of para-hydroxylation sites is 2. The fraction of sp³-hybridized carbons (Fsp3) is 0.294. The third kappa shape index (κ3) is 3.92. The summed E-state index contributed by atoms with van der Waals surface area (Å²) in [6.45, 7) is 2.12. The molecule has 2 N–H and O–H groups in total. The van der Waals surface area contributed by atoms with E-state index in [0.717, 1.165) is 30.4 Å². The van der Waals surface area contributed by atoms with Gasteiger partial charge in [-0.2, -0.15) is 0 Å². The molecule has 0 bridgehead atoms. The first-order chi connectivity index (χ1) is 12.2. The highest BCUT2D eigenvalue weighted by molar-refractivity contribution is 5.90. The minimum absolute atomic E-state index is 0.173. The van der Waals surface area contributed by atoms with Crippen LogP contribution in [-0.2, 0) is 4.79 Å². The van der Waals surface area contributed by atoms with Crippen LogP contribution >= 0.6 is 0 Å². The van der Waals surface area contributed by atoms with E-state index in [1.807, 2.05) is 24.3 Å². The van der Waals surface area contributed by atoms with Crippen LogP contribution in [0.2, 0.25) is 0 Å². The summed E-state index contributed by atoms with van der Waals surface area (Å²) < 4.78 is 7.58. The van der Waals surface area contributed by atoms with Crippen LogP contribution in [0, 0.1) is 0 Å². The van der Waals surface area contributed by atoms with E-state index in [0.29, 0.717) is 11.6 Å². The lowest BCUT2D eigenvalue weighted by atomic mass is 10.1. The van der Waals surface area contributed by atoms with E-state index in [1.165, 1.54) is 17.6 Å². The Hall–Kier alpha value is -3.00. The van der Waals surface area contributed by atoms with Gasteiger partial charge in [-0.25, -0.2) is 15.1 Å². The van der Waals surface area contributed by atoms with E-state index in [2.05, 4.69) is 22.2 Å². The van der Waals surface area contributed by atoms with Crippen LogP contribution in [0.15, 0.2) is 41.0 Å². The highest BCUT2D eigenvalue weighted by Crippen LogP contribution is 2.26. The molecule has 1 unspecified atom stereocenters. The van der Waals surface area contributed by atoms with Gasteiger partial charge in [-0.3, -0.25) is 10.0 Å². The number of nitrogens with one attached hydrogen (secondary N) is 1. The monoisotopic (exact) mass is 341 g/mol. The van der Waals surface area contributed by atoms with Crippen molar-refractivity contribution in [3.63, 3.8) is 0 Å². The van der Waals surface area contributed by atoms with Gasteiger partial charge in [-0.15, -0.1) is 5.10 Å². The van der Waals surface area contributed by atoms with Gasteiger partial charge in [0.2, 0.25) is 5.89 Å². The molecule has 0 fully saturated rings. The number of hydrogen-bond acceptors (Lipinski definition) is 6. The molecule has 2 aromatic heterocycles. The molecule has 25 heavy (non-hydrogen) atoms. The molecule has 0 saturated heterocycles. The average molecular weight is 341 g/mol. The summed E-state index contributed by atoms with van der Waals surface area (Å²) in [6.07, 6.45) is 7.20. The Kier molecular flexibility index (Phi) is 5.20. The first-order valence-electron chi connectivity index (χ1n) is 8.10. The molecule has 0 aliphatic rings. The van der Waals surface area contributed by atoms with Crippen molar-refractivity contribution in [3.8, 4) is 0 Å². The number of hydrogen-bond donors (Lipinski definition) is 2. The maximum absolute atomic E-state index is 11.1. The largest absolute Gasteiger partial charge is 0.438 e. The van der Waals surface area contributed by atoms with Gasteiger partial charge in [0.25, 0.3) is 5.91 Å². The van der Waals surface area contributed by atoms with E-state index in [1.54, 1.807) is 10.9 Å². The molecular weight excluding hydrogens is 322 g/mol. The molecule has 0 spiro atoms. The molecule has 1 aromatic carbocycles. The molecule has 0 radical (unpaired) electrons. The van der Waals surface area contributed by atoms with Crippen LogP contribution in [0.5, 0.6) is 0 Å². The molecule has 3 aromatic rings. The first-order valence-corrected chi connectivity index (χ1v) is 8.10. The van der Waals surface area contributed by atoms with Crippen molar-refractivity contribution in [1.82, 2.24) is 25.5 Å². The third-order valence-corrected chi connectivity index (χ3v) is 3.79. The van der Waals surface area contributed by atoms with Crippen LogP contribution in [0.4, 0.5) is 0 Å². The fourth-order valence-corrected chi connectivity index (χ4v) is 2.52. The summed E-state index contributed by atoms with van der Waals surface area (Å²) in [7, 11) is 0. The molecule has 0 saturated carbocycles. The number of oxazole rings is 1. The van der Waals surface area contributed by atoms with Crippen LogP contribution in [0.3, 0.4) is 0 Å². The molecule has 130 valence electrons. The van der Waals surface area contributed by atoms with Gasteiger partial charge in [0, 0.05) is 6.08 Å². The quantitative estimate of drug-likeness (QED) is 0.389. The molecule has 8 nitrogen and oxygen atoms in total. The number of nitrogens with zero attached hydrogens (tertiary/aromatic N) is 4. The molecule has 1 amide bonds. The summed E-state index contributed by atoms with van der Waals surface area (Å²) in [5.74, 6) is -0.0424. The number of carbonyl (C=O) groups is 1. The van der Waals surface area contributed by atoms with Crippen molar-refractivity contribution in [2.45, 2.75) is 32.2 Å². The summed E-state index contributed by atoms with van der Waals surface area (Å²) in [4.78, 5) is 15.6. The Morgan fingerprint density at radius 2 is 2.28 bits per heavy atom. The van der Waals surface area contributed by atoms with Crippen LogP contribution in [0.1, 0.15) is 43.8 Å². The van der Waals surface area contributed by atoms with Gasteiger partial charge in [-0.1, -0.05) is 37.1 Å². The topological polar surface area (TPSA) is 106 Å². The summed E-state index contributed by atoms with van der Waals surface area (Å²) in [6, 6.07) is 7.44. The predicted octanol–water partition coefficient (Wildman–Crippen LogP) is 2.72. The number of aromatic nitrogens is 4. The molecule has 0 aliphatic carbocycles. The summed E-state index contributed by atoms with van der Waals surface area (Å²) in [5, 5.41) is 16.7. The minimum Gasteiger partial charge on any atom is -0.438 e. The normalized spacial score (nSPS) is 12.7. The Labute approximate surface area is 144 Å². The van der Waals surface area contributed by atoms with Gasteiger partial charge in [0.15, 0.2) is 5.58 Å². The number of hydroxylamine groups is 1. The molecular formula is C17H19N5O3. The summed E-state index contributed by atoms with van der Waals surface area (Å²) in [5.41, 5.74) is 3.57. The number of rotatable bonds is 7. The zero-order chi connectivity index (χ0) is 17.6. The number of fused-ring (bicyclic) bond motifs is 1. The van der Waals surface area contributed by atoms with Crippen molar-refractivity contribution in [1.29, 1.82) is 0 Å². The lowest BCUT2D eigenvalue weighted by Gasteiger charge is -2.12. The zero-order valence-corrected chi connectivity index (χ0v) is 13.8. The molecule has 8 heteroatoms. The Bertz CT molecular complexity index is 850. The van der Waals surface area contributed by atoms with E-state index in [4.69, 9.17) is 9.62 Å². The van der Waals surface area contributed by atoms with Crippen molar-refractivity contribution in [3.05, 3.63) is 48.1 Å². The highest BCUT2D eigenvalue weighted by atomic mass is 16.5. The van der Waals surface area contributed by atoms with Gasteiger partial charge >= 0.3 is 0 Å². The molecule has 3 rings (SSSR count). The lowest BCUT2D eigenvalue weighted by Crippen LogP contribution is -2.14. The predicted molar refractivity (Wildman–Crippen MR) is 90.7 cm³/mol. The minimum atomic E-state index is -0.629. The van der Waals surface area contributed by atoms with Gasteiger partial charge in [0.05, 0.1) is 6.20 Å². The average Bonchev–Trinajstić information content (AvgIpc) is 3.27. The van der Waals surface area contributed by atoms with E-state index < -0.39 is 5.91 Å². The van der Waals surface area contributed by atoms with Crippen LogP contribution in [-0.4, -0.2) is 31.1 Å². The van der Waals surface area contributed by atoms with Crippen molar-refractivity contribution >= 4 is 23.1 Å². The standard InChI is InChI=1S/C17H19N5O3/c1-2-3-7-14(17-18-13-6-4-5-8-15(13)25-17)22-11-12(19-21-22)9-10-16(23)20-24/h4-6,8-11,14,24H,2-3,7H2,1H3,(H,20,23). The number of amides is 1. The molecule has 2 heterocycles. The van der Waals surface area contributed by atoms with Gasteiger partial charge < -0.3 is 4.42 Å². The molecule has 1 atom stereocenters. The smallest absolute Gasteiger partial charge is 0.267 e. The van der Waals surface area contributed by atoms with Crippen LogP contribution in [0.25, 0.3) is 17.2 Å². The SMILES string of the molecule is CCCCC(c1nc2ccccc2o1)n1cc(C=CC(=O)NO)nn1. The maximum Gasteiger partial charge on any atom is 0.267 e. The van der Waals surface area contributed by atoms with Gasteiger partial charge in [0.1, 0.15) is 17.3 Å². The maximum atomic E-state index is 11.1. The summed E-state index contributed by atoms with van der Waals surface area (Å²) >= 11 is 0. The van der Waals surface area contributed by atoms with E-state index in [9.17, 15) is 4.79 Å². The van der Waals surface area contributed by atoms with Gasteiger partial charge in [-0.05, 0) is 24.6 Å². The Balaban J connectivity index is 1.89. The van der Waals surface area contributed by atoms with E-state index >= 15 is 0 Å². The second kappa shape index (κ2) is 7.71. The molecule has 0 aliphatic heterocycles. The zero-order valence-electron chi connectivity index (χ0n) is 13.8. The van der Waals surface area contributed by atoms with Crippen molar-refractivity contribution in [2.75, 3.05) is 0 Å². The number of carbonyl (C=O) groups excluding carboxylic acids is 1. The lowest BCUT2D eigenvalue weighted by molar-refractivity contribution is -0.124. The Morgan fingerprint density at radius 1 is 1.44 bits per heavy atom. The second-order valence-electron chi connectivity index (χ2n) is 5.61. The third-order valence-electron chi connectivity index (χ3n) is 3.79. The second-order valence-corrected chi connectivity index (χ2v) is 5.61. The van der Waals surface area contributed by atoms with Crippen molar-refractivity contribution < 1.29 is 14.4 Å². The van der Waals surface area contributed by atoms with E-state index in [-0.39, 0.29) is 6.04 Å². The number of unbranched alkanes of at least 4 members (excludes halogenated alkanes) is 1. The Morgan fingerprint density at radius 3 is 3.04 bits per heavy atom. The highest BCUT2D eigenvalue weighted by Gasteiger charge is 2.21. The first kappa shape index (κ1) is 16.8. The van der Waals surface area contributed by atoms with Crippen LogP contribution < -0.4 is 5.48 Å².